The lowest BCUT2D eigenvalue weighted by Gasteiger charge is -2.22. The average molecular weight is 453 g/mol. The van der Waals surface area contributed by atoms with Crippen LogP contribution in [0, 0.1) is 0 Å². The molecule has 2 aromatic rings. The molecule has 2 aromatic carbocycles. The van der Waals surface area contributed by atoms with Gasteiger partial charge in [-0.05, 0) is 36.2 Å². The molecule has 166 valence electrons. The standard InChI is InChI=1S/C24H24N2O5S/c1-16-12-13-25(19-4-2-3-5-20(19)32-16)23(29)15-31-24(30)18-8-6-17(7-9-18)14-26-21(27)10-11-22(26)28/h2-9,16H,10-15H2,1H3. The Bertz CT molecular complexity index is 1040. The van der Waals surface area contributed by atoms with E-state index >= 15 is 0 Å². The summed E-state index contributed by atoms with van der Waals surface area (Å²) < 4.78 is 5.28. The monoisotopic (exact) mass is 452 g/mol. The lowest BCUT2D eigenvalue weighted by molar-refractivity contribution is -0.139. The van der Waals surface area contributed by atoms with Crippen molar-refractivity contribution in [2.45, 2.75) is 42.9 Å². The summed E-state index contributed by atoms with van der Waals surface area (Å²) in [6.07, 6.45) is 1.34. The van der Waals surface area contributed by atoms with Gasteiger partial charge in [0.15, 0.2) is 6.61 Å². The number of fused-ring (bicyclic) bond motifs is 1. The molecule has 1 saturated heterocycles. The number of nitrogens with zero attached hydrogens (tertiary/aromatic N) is 2. The zero-order valence-corrected chi connectivity index (χ0v) is 18.6. The fourth-order valence-electron chi connectivity index (χ4n) is 3.76. The van der Waals surface area contributed by atoms with Gasteiger partial charge in [-0.2, -0.15) is 0 Å². The number of para-hydroxylation sites is 1. The summed E-state index contributed by atoms with van der Waals surface area (Å²) in [4.78, 5) is 52.7. The van der Waals surface area contributed by atoms with E-state index in [2.05, 4.69) is 6.92 Å². The zero-order valence-electron chi connectivity index (χ0n) is 17.8. The van der Waals surface area contributed by atoms with Crippen molar-refractivity contribution in [3.8, 4) is 0 Å². The SMILES string of the molecule is CC1CCN(C(=O)COC(=O)c2ccc(CN3C(=O)CCC3=O)cc2)c2ccccc2S1. The molecule has 0 bridgehead atoms. The number of anilines is 1. The second kappa shape index (κ2) is 9.56. The van der Waals surface area contributed by atoms with Crippen molar-refractivity contribution < 1.29 is 23.9 Å². The number of thioether (sulfide) groups is 1. The molecule has 1 unspecified atom stereocenters. The van der Waals surface area contributed by atoms with Crippen LogP contribution >= 0.6 is 11.8 Å². The topological polar surface area (TPSA) is 84.0 Å². The second-order valence-corrected chi connectivity index (χ2v) is 9.36. The number of imide groups is 1. The van der Waals surface area contributed by atoms with Crippen LogP contribution in [0.25, 0.3) is 0 Å². The largest absolute Gasteiger partial charge is 0.452 e. The van der Waals surface area contributed by atoms with Crippen LogP contribution < -0.4 is 4.90 Å². The van der Waals surface area contributed by atoms with E-state index in [4.69, 9.17) is 4.74 Å². The molecule has 2 aliphatic heterocycles. The van der Waals surface area contributed by atoms with E-state index in [1.807, 2.05) is 24.3 Å². The molecule has 1 fully saturated rings. The molecule has 0 aliphatic carbocycles. The molecular formula is C24H24N2O5S. The quantitative estimate of drug-likeness (QED) is 0.511. The Hall–Kier alpha value is -3.13. The number of hydrogen-bond donors (Lipinski definition) is 0. The molecular weight excluding hydrogens is 428 g/mol. The fourth-order valence-corrected chi connectivity index (χ4v) is 4.88. The second-order valence-electron chi connectivity index (χ2n) is 7.88. The first-order valence-electron chi connectivity index (χ1n) is 10.6. The minimum absolute atomic E-state index is 0.181. The summed E-state index contributed by atoms with van der Waals surface area (Å²) in [5.74, 6) is -1.22. The van der Waals surface area contributed by atoms with E-state index in [0.717, 1.165) is 22.6 Å². The Balaban J connectivity index is 1.36. The van der Waals surface area contributed by atoms with Gasteiger partial charge in [-0.3, -0.25) is 19.3 Å². The van der Waals surface area contributed by atoms with Crippen molar-refractivity contribution in [2.75, 3.05) is 18.1 Å². The summed E-state index contributed by atoms with van der Waals surface area (Å²) in [5.41, 5.74) is 1.90. The number of hydrogen-bond acceptors (Lipinski definition) is 6. The van der Waals surface area contributed by atoms with Crippen LogP contribution in [0.5, 0.6) is 0 Å². The number of carbonyl (C=O) groups excluding carboxylic acids is 4. The maximum Gasteiger partial charge on any atom is 0.338 e. The molecule has 1 atom stereocenters. The minimum atomic E-state index is -0.593. The van der Waals surface area contributed by atoms with Gasteiger partial charge in [0.1, 0.15) is 0 Å². The lowest BCUT2D eigenvalue weighted by Crippen LogP contribution is -2.35. The van der Waals surface area contributed by atoms with Gasteiger partial charge >= 0.3 is 5.97 Å². The average Bonchev–Trinajstić information content (AvgIpc) is 3.00. The van der Waals surface area contributed by atoms with Gasteiger partial charge in [-0.1, -0.05) is 31.2 Å². The van der Waals surface area contributed by atoms with Gasteiger partial charge in [0, 0.05) is 29.5 Å². The van der Waals surface area contributed by atoms with Crippen molar-refractivity contribution in [3.63, 3.8) is 0 Å². The predicted octanol–water partition coefficient (Wildman–Crippen LogP) is 3.41. The Morgan fingerprint density at radius 1 is 1.03 bits per heavy atom. The number of benzene rings is 2. The van der Waals surface area contributed by atoms with Crippen LogP contribution in [-0.4, -0.2) is 47.0 Å². The highest BCUT2D eigenvalue weighted by Crippen LogP contribution is 2.37. The van der Waals surface area contributed by atoms with Crippen LogP contribution in [0.4, 0.5) is 5.69 Å². The molecule has 0 spiro atoms. The Labute approximate surface area is 190 Å². The molecule has 0 N–H and O–H groups in total. The molecule has 4 rings (SSSR count). The van der Waals surface area contributed by atoms with Crippen LogP contribution in [0.2, 0.25) is 0 Å². The molecule has 32 heavy (non-hydrogen) atoms. The highest BCUT2D eigenvalue weighted by atomic mass is 32.2. The van der Waals surface area contributed by atoms with Crippen LogP contribution in [-0.2, 0) is 25.7 Å². The summed E-state index contributed by atoms with van der Waals surface area (Å²) >= 11 is 1.74. The third-order valence-electron chi connectivity index (χ3n) is 5.56. The van der Waals surface area contributed by atoms with E-state index in [0.29, 0.717) is 17.4 Å². The van der Waals surface area contributed by atoms with E-state index in [1.54, 1.807) is 40.9 Å². The molecule has 7 nitrogen and oxygen atoms in total. The molecule has 0 saturated carbocycles. The fraction of sp³-hybridized carbons (Fsp3) is 0.333. The molecule has 0 aromatic heterocycles. The number of amides is 3. The first kappa shape index (κ1) is 22.1. The Morgan fingerprint density at radius 2 is 1.72 bits per heavy atom. The third kappa shape index (κ3) is 4.85. The van der Waals surface area contributed by atoms with E-state index in [1.165, 1.54) is 4.90 Å². The normalized spacial score (nSPS) is 18.3. The van der Waals surface area contributed by atoms with Crippen LogP contribution in [0.15, 0.2) is 53.4 Å². The minimum Gasteiger partial charge on any atom is -0.452 e. The Morgan fingerprint density at radius 3 is 2.44 bits per heavy atom. The maximum atomic E-state index is 12.8. The smallest absolute Gasteiger partial charge is 0.338 e. The highest BCUT2D eigenvalue weighted by molar-refractivity contribution is 8.00. The van der Waals surface area contributed by atoms with Gasteiger partial charge < -0.3 is 9.64 Å². The summed E-state index contributed by atoms with van der Waals surface area (Å²) in [5, 5.41) is 0.390. The third-order valence-corrected chi connectivity index (χ3v) is 6.79. The van der Waals surface area contributed by atoms with Crippen molar-refractivity contribution in [3.05, 3.63) is 59.7 Å². The molecule has 3 amide bonds. The molecule has 8 heteroatoms. The molecule has 2 aliphatic rings. The predicted molar refractivity (Wildman–Crippen MR) is 120 cm³/mol. The zero-order chi connectivity index (χ0) is 22.7. The van der Waals surface area contributed by atoms with Crippen LogP contribution in [0.3, 0.4) is 0 Å². The number of esters is 1. The van der Waals surface area contributed by atoms with Crippen LogP contribution in [0.1, 0.15) is 42.1 Å². The van der Waals surface area contributed by atoms with Gasteiger partial charge in [0.05, 0.1) is 17.8 Å². The summed E-state index contributed by atoms with van der Waals surface area (Å²) in [7, 11) is 0. The number of rotatable bonds is 5. The Kier molecular flexibility index (Phi) is 6.60. The summed E-state index contributed by atoms with van der Waals surface area (Å²) in [6, 6.07) is 14.3. The highest BCUT2D eigenvalue weighted by Gasteiger charge is 2.29. The van der Waals surface area contributed by atoms with Crippen molar-refractivity contribution in [2.24, 2.45) is 0 Å². The first-order chi connectivity index (χ1) is 15.4. The molecule has 0 radical (unpaired) electrons. The number of carbonyl (C=O) groups is 4. The van der Waals surface area contributed by atoms with E-state index in [-0.39, 0.29) is 43.7 Å². The van der Waals surface area contributed by atoms with Gasteiger partial charge in [-0.25, -0.2) is 4.79 Å². The van der Waals surface area contributed by atoms with Gasteiger partial charge in [0.2, 0.25) is 11.8 Å². The van der Waals surface area contributed by atoms with Crippen molar-refractivity contribution >= 4 is 41.1 Å². The van der Waals surface area contributed by atoms with Crippen molar-refractivity contribution in [1.29, 1.82) is 0 Å². The number of ether oxygens (including phenoxy) is 1. The summed E-state index contributed by atoms with van der Waals surface area (Å²) in [6.45, 7) is 2.56. The van der Waals surface area contributed by atoms with Gasteiger partial charge in [-0.15, -0.1) is 11.8 Å². The van der Waals surface area contributed by atoms with Crippen molar-refractivity contribution in [1.82, 2.24) is 4.90 Å². The maximum absolute atomic E-state index is 12.8. The van der Waals surface area contributed by atoms with E-state index < -0.39 is 5.97 Å². The number of likely N-dealkylation sites (tertiary alicyclic amines) is 1. The van der Waals surface area contributed by atoms with Gasteiger partial charge in [0.25, 0.3) is 5.91 Å². The van der Waals surface area contributed by atoms with E-state index in [9.17, 15) is 19.2 Å². The lowest BCUT2D eigenvalue weighted by atomic mass is 10.1. The molecule has 2 heterocycles. The first-order valence-corrected chi connectivity index (χ1v) is 11.5.